The van der Waals surface area contributed by atoms with E-state index < -0.39 is 10.8 Å². The van der Waals surface area contributed by atoms with Gasteiger partial charge in [0.15, 0.2) is 0 Å². The topological polar surface area (TPSA) is 72.7 Å². The Morgan fingerprint density at radius 3 is 2.60 bits per heavy atom. The van der Waals surface area contributed by atoms with Crippen LogP contribution in [-0.4, -0.2) is 42.5 Å². The van der Waals surface area contributed by atoms with Crippen molar-refractivity contribution >= 4 is 34.8 Å². The number of carbonyl (C=O) groups excluding carboxylic acids is 1. The lowest BCUT2D eigenvalue weighted by Gasteiger charge is -2.21. The van der Waals surface area contributed by atoms with Crippen molar-refractivity contribution in [3.63, 3.8) is 0 Å². The lowest BCUT2D eigenvalue weighted by Crippen LogP contribution is -2.34. The summed E-state index contributed by atoms with van der Waals surface area (Å²) in [6.45, 7) is 2.95. The number of amides is 1. The number of hydrogen-bond acceptors (Lipinski definition) is 4. The third-order valence-electron chi connectivity index (χ3n) is 2.69. The summed E-state index contributed by atoms with van der Waals surface area (Å²) >= 11 is 11.8. The molecule has 110 valence electrons. The van der Waals surface area contributed by atoms with E-state index in [0.717, 1.165) is 12.1 Å². The molecule has 20 heavy (non-hydrogen) atoms. The van der Waals surface area contributed by atoms with Gasteiger partial charge in [-0.15, -0.1) is 0 Å². The molecule has 0 aromatic heterocycles. The second-order valence-corrected chi connectivity index (χ2v) is 4.71. The minimum atomic E-state index is -0.621. The molecule has 1 aromatic rings. The molecule has 1 amide bonds. The predicted molar refractivity (Wildman–Crippen MR) is 76.6 cm³/mol. The highest BCUT2D eigenvalue weighted by Crippen LogP contribution is 2.31. The smallest absolute Gasteiger partial charge is 0.271 e. The first-order valence-corrected chi connectivity index (χ1v) is 6.59. The van der Waals surface area contributed by atoms with Gasteiger partial charge in [-0.1, -0.05) is 23.2 Å². The molecule has 0 bridgehead atoms. The van der Waals surface area contributed by atoms with Gasteiger partial charge in [-0.2, -0.15) is 0 Å². The molecule has 1 aromatic carbocycles. The van der Waals surface area contributed by atoms with Crippen molar-refractivity contribution < 1.29 is 14.5 Å². The van der Waals surface area contributed by atoms with Crippen LogP contribution in [0.4, 0.5) is 5.69 Å². The Morgan fingerprint density at radius 2 is 2.10 bits per heavy atom. The summed E-state index contributed by atoms with van der Waals surface area (Å²) in [5, 5.41) is 10.8. The highest BCUT2D eigenvalue weighted by Gasteiger charge is 2.22. The molecule has 1 rings (SSSR count). The Bertz CT molecular complexity index is 522. The van der Waals surface area contributed by atoms with Crippen molar-refractivity contribution in [3.8, 4) is 0 Å². The van der Waals surface area contributed by atoms with Crippen molar-refractivity contribution in [3.05, 3.63) is 37.9 Å². The van der Waals surface area contributed by atoms with E-state index in [2.05, 4.69) is 0 Å². The summed E-state index contributed by atoms with van der Waals surface area (Å²) < 4.78 is 4.91. The van der Waals surface area contributed by atoms with Crippen LogP contribution in [0.2, 0.25) is 10.0 Å². The standard InChI is InChI=1S/C12H14Cl2N2O4/c1-3-15(4-5-20-2)12(17)9-6-8(16(18)19)7-10(13)11(9)14/h6-7H,3-5H2,1-2H3. The van der Waals surface area contributed by atoms with Gasteiger partial charge in [-0.3, -0.25) is 14.9 Å². The monoisotopic (exact) mass is 320 g/mol. The third kappa shape index (κ3) is 3.82. The first-order chi connectivity index (χ1) is 9.42. The number of likely N-dealkylation sites (N-methyl/N-ethyl adjacent to an activating group) is 1. The average molecular weight is 321 g/mol. The molecule has 0 saturated heterocycles. The molecule has 0 saturated carbocycles. The molecular weight excluding hydrogens is 307 g/mol. The number of benzene rings is 1. The zero-order valence-electron chi connectivity index (χ0n) is 11.1. The van der Waals surface area contributed by atoms with Gasteiger partial charge in [0, 0.05) is 32.3 Å². The van der Waals surface area contributed by atoms with Crippen LogP contribution in [0.5, 0.6) is 0 Å². The fourth-order valence-corrected chi connectivity index (χ4v) is 2.01. The molecular formula is C12H14Cl2N2O4. The third-order valence-corrected chi connectivity index (χ3v) is 3.49. The van der Waals surface area contributed by atoms with Crippen molar-refractivity contribution in [2.45, 2.75) is 6.92 Å². The highest BCUT2D eigenvalue weighted by molar-refractivity contribution is 6.44. The average Bonchev–Trinajstić information content (AvgIpc) is 2.42. The molecule has 0 unspecified atom stereocenters. The molecule has 0 heterocycles. The number of hydrogen-bond donors (Lipinski definition) is 0. The minimum Gasteiger partial charge on any atom is -0.383 e. The van der Waals surface area contributed by atoms with Crippen LogP contribution < -0.4 is 0 Å². The predicted octanol–water partition coefficient (Wildman–Crippen LogP) is 3.01. The van der Waals surface area contributed by atoms with Gasteiger partial charge >= 0.3 is 0 Å². The number of nitro groups is 1. The summed E-state index contributed by atoms with van der Waals surface area (Å²) in [7, 11) is 1.52. The summed E-state index contributed by atoms with van der Waals surface area (Å²) in [5.74, 6) is -0.417. The molecule has 0 spiro atoms. The van der Waals surface area contributed by atoms with Gasteiger partial charge in [0.05, 0.1) is 27.1 Å². The van der Waals surface area contributed by atoms with E-state index >= 15 is 0 Å². The molecule has 0 aliphatic carbocycles. The van der Waals surface area contributed by atoms with Crippen molar-refractivity contribution in [1.29, 1.82) is 0 Å². The van der Waals surface area contributed by atoms with Gasteiger partial charge in [-0.25, -0.2) is 0 Å². The molecule has 6 nitrogen and oxygen atoms in total. The van der Waals surface area contributed by atoms with Crippen LogP contribution >= 0.6 is 23.2 Å². The van der Waals surface area contributed by atoms with Crippen LogP contribution in [-0.2, 0) is 4.74 Å². The number of non-ortho nitro benzene ring substituents is 1. The fourth-order valence-electron chi connectivity index (χ4n) is 1.61. The fraction of sp³-hybridized carbons (Fsp3) is 0.417. The number of ether oxygens (including phenoxy) is 1. The number of nitro benzene ring substituents is 1. The van der Waals surface area contributed by atoms with Crippen LogP contribution in [0, 0.1) is 10.1 Å². The second-order valence-electron chi connectivity index (χ2n) is 3.92. The minimum absolute atomic E-state index is 0.0122. The molecule has 8 heteroatoms. The van der Waals surface area contributed by atoms with Gasteiger partial charge < -0.3 is 9.64 Å². The normalized spacial score (nSPS) is 10.4. The van der Waals surface area contributed by atoms with Gasteiger partial charge in [0.25, 0.3) is 11.6 Å². The molecule has 0 fully saturated rings. The molecule has 0 aliphatic rings. The van der Waals surface area contributed by atoms with E-state index in [0.29, 0.717) is 19.7 Å². The van der Waals surface area contributed by atoms with Gasteiger partial charge in [0.2, 0.25) is 0 Å². The van der Waals surface area contributed by atoms with Crippen molar-refractivity contribution in [2.24, 2.45) is 0 Å². The lowest BCUT2D eigenvalue weighted by molar-refractivity contribution is -0.384. The number of carbonyl (C=O) groups is 1. The van der Waals surface area contributed by atoms with Crippen LogP contribution in [0.15, 0.2) is 12.1 Å². The van der Waals surface area contributed by atoms with E-state index in [9.17, 15) is 14.9 Å². The van der Waals surface area contributed by atoms with E-state index in [1.807, 2.05) is 0 Å². The Labute approximate surface area is 126 Å². The molecule has 0 N–H and O–H groups in total. The Hall–Kier alpha value is -1.37. The van der Waals surface area contributed by atoms with Crippen molar-refractivity contribution in [2.75, 3.05) is 26.8 Å². The van der Waals surface area contributed by atoms with E-state index in [4.69, 9.17) is 27.9 Å². The summed E-state index contributed by atoms with van der Waals surface area (Å²) in [4.78, 5) is 24.0. The van der Waals surface area contributed by atoms with Crippen LogP contribution in [0.25, 0.3) is 0 Å². The number of rotatable bonds is 6. The molecule has 0 atom stereocenters. The Morgan fingerprint density at radius 1 is 1.45 bits per heavy atom. The van der Waals surface area contributed by atoms with E-state index in [-0.39, 0.29) is 21.3 Å². The van der Waals surface area contributed by atoms with Crippen LogP contribution in [0.1, 0.15) is 17.3 Å². The molecule has 0 radical (unpaired) electrons. The largest absolute Gasteiger partial charge is 0.383 e. The summed E-state index contributed by atoms with van der Waals surface area (Å²) in [6, 6.07) is 2.25. The second kappa shape index (κ2) is 7.42. The Balaban J connectivity index is 3.16. The van der Waals surface area contributed by atoms with Gasteiger partial charge in [-0.05, 0) is 6.92 Å². The maximum atomic E-state index is 12.3. The maximum absolute atomic E-state index is 12.3. The number of nitrogens with zero attached hydrogens (tertiary/aromatic N) is 2. The van der Waals surface area contributed by atoms with Crippen LogP contribution in [0.3, 0.4) is 0 Å². The van der Waals surface area contributed by atoms with E-state index in [1.165, 1.54) is 12.0 Å². The first kappa shape index (κ1) is 16.7. The van der Waals surface area contributed by atoms with Crippen molar-refractivity contribution in [1.82, 2.24) is 4.90 Å². The quantitative estimate of drug-likeness (QED) is 0.596. The zero-order valence-corrected chi connectivity index (χ0v) is 12.6. The lowest BCUT2D eigenvalue weighted by atomic mass is 10.1. The summed E-state index contributed by atoms with van der Waals surface area (Å²) in [6.07, 6.45) is 0. The number of halogens is 2. The Kier molecular flexibility index (Phi) is 6.19. The number of methoxy groups -OCH3 is 1. The van der Waals surface area contributed by atoms with Gasteiger partial charge in [0.1, 0.15) is 0 Å². The van der Waals surface area contributed by atoms with E-state index in [1.54, 1.807) is 6.92 Å². The molecule has 0 aliphatic heterocycles. The highest BCUT2D eigenvalue weighted by atomic mass is 35.5. The zero-order chi connectivity index (χ0) is 15.3. The summed E-state index contributed by atoms with van der Waals surface area (Å²) in [5.41, 5.74) is -0.255. The maximum Gasteiger partial charge on any atom is 0.271 e. The SMILES string of the molecule is CCN(CCOC)C(=O)c1cc([N+](=O)[O-])cc(Cl)c1Cl. The first-order valence-electron chi connectivity index (χ1n) is 5.84.